The lowest BCUT2D eigenvalue weighted by molar-refractivity contribution is 0.0562. The molecule has 0 aliphatic rings. The Balaban J connectivity index is 1.96. The van der Waals surface area contributed by atoms with Crippen molar-refractivity contribution in [2.24, 2.45) is 0 Å². The fourth-order valence-electron chi connectivity index (χ4n) is 1.85. The number of rotatable bonds is 5. The van der Waals surface area contributed by atoms with Crippen molar-refractivity contribution in [3.63, 3.8) is 0 Å². The van der Waals surface area contributed by atoms with E-state index in [1.807, 2.05) is 32.0 Å². The summed E-state index contributed by atoms with van der Waals surface area (Å²) in [5.41, 5.74) is 1.96. The van der Waals surface area contributed by atoms with Crippen LogP contribution in [-0.4, -0.2) is 18.1 Å². The van der Waals surface area contributed by atoms with E-state index in [-0.39, 0.29) is 11.8 Å². The number of hydrogen-bond acceptors (Lipinski definition) is 5. The molecule has 1 unspecified atom stereocenters. The Labute approximate surface area is 118 Å². The maximum absolute atomic E-state index is 11.3. The quantitative estimate of drug-likeness (QED) is 0.849. The molecule has 0 radical (unpaired) electrons. The Morgan fingerprint density at radius 3 is 2.90 bits per heavy atom. The molecule has 0 saturated heterocycles. The molecule has 0 amide bonds. The number of methoxy groups -OCH3 is 1. The van der Waals surface area contributed by atoms with Gasteiger partial charge in [0.15, 0.2) is 0 Å². The summed E-state index contributed by atoms with van der Waals surface area (Å²) in [6.45, 7) is 4.56. The van der Waals surface area contributed by atoms with Gasteiger partial charge in [0.1, 0.15) is 5.76 Å². The Bertz CT molecular complexity index is 592. The van der Waals surface area contributed by atoms with E-state index in [0.29, 0.717) is 12.3 Å². The van der Waals surface area contributed by atoms with Gasteiger partial charge >= 0.3 is 5.97 Å². The van der Waals surface area contributed by atoms with Crippen LogP contribution in [0.3, 0.4) is 0 Å². The van der Waals surface area contributed by atoms with Gasteiger partial charge in [-0.15, -0.1) is 0 Å². The smallest absolute Gasteiger partial charge is 0.373 e. The molecular weight excluding hydrogens is 256 g/mol. The molecule has 0 aliphatic carbocycles. The van der Waals surface area contributed by atoms with Gasteiger partial charge in [0.05, 0.1) is 18.8 Å². The molecule has 0 spiro atoms. The Morgan fingerprint density at radius 2 is 2.20 bits per heavy atom. The lowest BCUT2D eigenvalue weighted by Crippen LogP contribution is -2.18. The number of nitrogens with one attached hydrogen (secondary N) is 1. The van der Waals surface area contributed by atoms with Gasteiger partial charge in [-0.2, -0.15) is 0 Å². The number of carbonyl (C=O) groups excluding carboxylic acids is 1. The highest BCUT2D eigenvalue weighted by Crippen LogP contribution is 2.17. The van der Waals surface area contributed by atoms with E-state index in [2.05, 4.69) is 15.0 Å². The predicted molar refractivity (Wildman–Crippen MR) is 74.3 cm³/mol. The van der Waals surface area contributed by atoms with E-state index in [1.54, 1.807) is 12.1 Å². The van der Waals surface area contributed by atoms with Crippen LogP contribution in [0, 0.1) is 6.92 Å². The van der Waals surface area contributed by atoms with Gasteiger partial charge in [-0.3, -0.25) is 4.98 Å². The summed E-state index contributed by atoms with van der Waals surface area (Å²) in [6.07, 6.45) is 0. The Kier molecular flexibility index (Phi) is 4.53. The van der Waals surface area contributed by atoms with Crippen molar-refractivity contribution in [2.75, 3.05) is 7.11 Å². The van der Waals surface area contributed by atoms with Gasteiger partial charge in [-0.25, -0.2) is 4.79 Å². The lowest BCUT2D eigenvalue weighted by atomic mass is 10.2. The molecule has 0 fully saturated rings. The summed E-state index contributed by atoms with van der Waals surface area (Å²) in [7, 11) is 1.33. The molecule has 2 heterocycles. The van der Waals surface area contributed by atoms with Gasteiger partial charge in [-0.1, -0.05) is 6.07 Å². The van der Waals surface area contributed by atoms with E-state index in [1.165, 1.54) is 7.11 Å². The molecule has 106 valence electrons. The average molecular weight is 274 g/mol. The molecule has 20 heavy (non-hydrogen) atoms. The first-order valence-electron chi connectivity index (χ1n) is 6.44. The van der Waals surface area contributed by atoms with Crippen molar-refractivity contribution >= 4 is 5.97 Å². The van der Waals surface area contributed by atoms with Crippen molar-refractivity contribution in [3.05, 3.63) is 53.2 Å². The molecule has 2 aromatic heterocycles. The second kappa shape index (κ2) is 6.34. The standard InChI is InChI=1S/C15H18N2O3/c1-10-5-4-6-12(17-10)9-16-11(2)13-7-8-14(20-13)15(18)19-3/h4-8,11,16H,9H2,1-3H3. The van der Waals surface area contributed by atoms with Gasteiger partial charge in [0.25, 0.3) is 0 Å². The maximum atomic E-state index is 11.3. The molecule has 0 bridgehead atoms. The zero-order valence-corrected chi connectivity index (χ0v) is 11.8. The third-order valence-electron chi connectivity index (χ3n) is 2.98. The van der Waals surface area contributed by atoms with Crippen LogP contribution in [0.5, 0.6) is 0 Å². The van der Waals surface area contributed by atoms with Crippen LogP contribution in [0.1, 0.15) is 40.7 Å². The van der Waals surface area contributed by atoms with Crippen LogP contribution < -0.4 is 5.32 Å². The van der Waals surface area contributed by atoms with Crippen LogP contribution >= 0.6 is 0 Å². The topological polar surface area (TPSA) is 64.4 Å². The highest BCUT2D eigenvalue weighted by molar-refractivity contribution is 5.86. The highest BCUT2D eigenvalue weighted by atomic mass is 16.5. The molecule has 1 atom stereocenters. The van der Waals surface area contributed by atoms with Crippen molar-refractivity contribution in [1.29, 1.82) is 0 Å². The van der Waals surface area contributed by atoms with Crippen molar-refractivity contribution in [3.8, 4) is 0 Å². The van der Waals surface area contributed by atoms with E-state index in [4.69, 9.17) is 4.42 Å². The zero-order chi connectivity index (χ0) is 14.5. The van der Waals surface area contributed by atoms with E-state index in [0.717, 1.165) is 11.4 Å². The van der Waals surface area contributed by atoms with E-state index >= 15 is 0 Å². The first-order chi connectivity index (χ1) is 9.60. The Hall–Kier alpha value is -2.14. The van der Waals surface area contributed by atoms with Crippen LogP contribution in [0.4, 0.5) is 0 Å². The number of ether oxygens (including phenoxy) is 1. The summed E-state index contributed by atoms with van der Waals surface area (Å²) in [5.74, 6) is 0.437. The number of aryl methyl sites for hydroxylation is 1. The molecule has 5 nitrogen and oxygen atoms in total. The van der Waals surface area contributed by atoms with Gasteiger partial charge in [0, 0.05) is 12.2 Å². The highest BCUT2D eigenvalue weighted by Gasteiger charge is 2.15. The first kappa shape index (κ1) is 14.3. The molecule has 2 rings (SSSR count). The van der Waals surface area contributed by atoms with Crippen LogP contribution in [0.25, 0.3) is 0 Å². The fraction of sp³-hybridized carbons (Fsp3) is 0.333. The number of aromatic nitrogens is 1. The normalized spacial score (nSPS) is 12.2. The summed E-state index contributed by atoms with van der Waals surface area (Å²) in [6, 6.07) is 9.27. The maximum Gasteiger partial charge on any atom is 0.373 e. The first-order valence-corrected chi connectivity index (χ1v) is 6.44. The molecule has 0 saturated carbocycles. The lowest BCUT2D eigenvalue weighted by Gasteiger charge is -2.11. The van der Waals surface area contributed by atoms with Gasteiger partial charge in [0.2, 0.25) is 5.76 Å². The number of hydrogen-bond donors (Lipinski definition) is 1. The minimum atomic E-state index is -0.469. The molecule has 5 heteroatoms. The van der Waals surface area contributed by atoms with E-state index < -0.39 is 5.97 Å². The predicted octanol–water partition coefficient (Wildman–Crippen LogP) is 2.62. The Morgan fingerprint density at radius 1 is 1.40 bits per heavy atom. The minimum Gasteiger partial charge on any atom is -0.463 e. The van der Waals surface area contributed by atoms with Crippen LogP contribution in [0.2, 0.25) is 0 Å². The van der Waals surface area contributed by atoms with E-state index in [9.17, 15) is 4.79 Å². The summed E-state index contributed by atoms with van der Waals surface area (Å²) >= 11 is 0. The number of pyridine rings is 1. The summed E-state index contributed by atoms with van der Waals surface area (Å²) in [5, 5.41) is 3.30. The number of esters is 1. The molecule has 0 aliphatic heterocycles. The monoisotopic (exact) mass is 274 g/mol. The third-order valence-corrected chi connectivity index (χ3v) is 2.98. The van der Waals surface area contributed by atoms with Crippen LogP contribution in [0.15, 0.2) is 34.7 Å². The fourth-order valence-corrected chi connectivity index (χ4v) is 1.85. The average Bonchev–Trinajstić information content (AvgIpc) is 2.94. The SMILES string of the molecule is COC(=O)c1ccc(C(C)NCc2cccc(C)n2)o1. The number of nitrogens with zero attached hydrogens (tertiary/aromatic N) is 1. The summed E-state index contributed by atoms with van der Waals surface area (Å²) < 4.78 is 10.1. The van der Waals surface area contributed by atoms with Crippen LogP contribution in [-0.2, 0) is 11.3 Å². The van der Waals surface area contributed by atoms with Crippen molar-refractivity contribution < 1.29 is 13.9 Å². The van der Waals surface area contributed by atoms with Crippen molar-refractivity contribution in [1.82, 2.24) is 10.3 Å². The van der Waals surface area contributed by atoms with Crippen molar-refractivity contribution in [2.45, 2.75) is 26.4 Å². The zero-order valence-electron chi connectivity index (χ0n) is 11.8. The molecule has 0 aromatic carbocycles. The second-order valence-electron chi connectivity index (χ2n) is 4.57. The minimum absolute atomic E-state index is 0.0179. The second-order valence-corrected chi connectivity index (χ2v) is 4.57. The summed E-state index contributed by atoms with van der Waals surface area (Å²) in [4.78, 5) is 15.7. The molecule has 1 N–H and O–H groups in total. The van der Waals surface area contributed by atoms with Gasteiger partial charge in [-0.05, 0) is 38.1 Å². The van der Waals surface area contributed by atoms with Gasteiger partial charge < -0.3 is 14.5 Å². The number of furan rings is 1. The third kappa shape index (κ3) is 3.45. The largest absolute Gasteiger partial charge is 0.463 e. The molecular formula is C15H18N2O3. The molecule has 2 aromatic rings. The number of carbonyl (C=O) groups is 1.